The number of methoxy groups -OCH3 is 1. The van der Waals surface area contributed by atoms with Crippen molar-refractivity contribution in [1.82, 2.24) is 14.5 Å². The van der Waals surface area contributed by atoms with E-state index < -0.39 is 22.7 Å². The summed E-state index contributed by atoms with van der Waals surface area (Å²) in [6.07, 6.45) is 5.59. The highest BCUT2D eigenvalue weighted by Gasteiger charge is 2.46. The summed E-state index contributed by atoms with van der Waals surface area (Å²) in [7, 11) is 1.51. The average Bonchev–Trinajstić information content (AvgIpc) is 3.46. The summed E-state index contributed by atoms with van der Waals surface area (Å²) in [6.45, 7) is 0.763. The number of aliphatic hydroxyl groups excluding tert-OH is 1. The van der Waals surface area contributed by atoms with Crippen molar-refractivity contribution < 1.29 is 24.4 Å². The molecule has 1 aliphatic rings. The lowest BCUT2D eigenvalue weighted by molar-refractivity contribution is -0.384. The number of non-ortho nitro benzene ring substituents is 1. The number of aromatic nitrogens is 2. The highest BCUT2D eigenvalue weighted by Crippen LogP contribution is 2.40. The van der Waals surface area contributed by atoms with Crippen LogP contribution in [0.25, 0.3) is 5.76 Å². The Morgan fingerprint density at radius 2 is 1.94 bits per heavy atom. The summed E-state index contributed by atoms with van der Waals surface area (Å²) in [5.74, 6) is -1.40. The quantitative estimate of drug-likeness (QED) is 0.179. The van der Waals surface area contributed by atoms with E-state index in [4.69, 9.17) is 4.74 Å². The maximum atomic E-state index is 13.1. The largest absolute Gasteiger partial charge is 0.507 e. The minimum Gasteiger partial charge on any atom is -0.507 e. The summed E-state index contributed by atoms with van der Waals surface area (Å²) in [6, 6.07) is 11.2. The molecule has 4 rings (SSSR count). The summed E-state index contributed by atoms with van der Waals surface area (Å²) < 4.78 is 6.98. The number of carbonyl (C=O) groups excluding carboxylic acids is 2. The second-order valence-corrected chi connectivity index (χ2v) is 7.73. The Morgan fingerprint density at radius 1 is 1.18 bits per heavy atom. The van der Waals surface area contributed by atoms with E-state index in [0.29, 0.717) is 29.8 Å². The van der Waals surface area contributed by atoms with Crippen LogP contribution in [0.3, 0.4) is 0 Å². The van der Waals surface area contributed by atoms with Crippen molar-refractivity contribution in [3.8, 4) is 5.75 Å². The molecule has 1 aliphatic heterocycles. The van der Waals surface area contributed by atoms with Gasteiger partial charge in [-0.25, -0.2) is 4.98 Å². The first-order valence-electron chi connectivity index (χ1n) is 10.5. The number of carbonyl (C=O) groups is 2. The number of aryl methyl sites for hydroxylation is 1. The molecule has 1 N–H and O–H groups in total. The molecular weight excluding hydrogens is 440 g/mol. The Morgan fingerprint density at radius 3 is 2.59 bits per heavy atom. The van der Waals surface area contributed by atoms with Crippen LogP contribution in [0.2, 0.25) is 0 Å². The molecule has 1 atom stereocenters. The fourth-order valence-corrected chi connectivity index (χ4v) is 4.01. The molecule has 0 bridgehead atoms. The van der Waals surface area contributed by atoms with Gasteiger partial charge in [0.1, 0.15) is 11.5 Å². The number of Topliss-reactive ketones (excluding diaryl/α,β-unsaturated/α-hetero) is 1. The number of ether oxygens (including phenoxy) is 1. The predicted octanol–water partition coefficient (Wildman–Crippen LogP) is 3.31. The SMILES string of the molecule is COc1ccc(C(O)=C2C(=O)C(=O)N(CCCn3ccnc3)[C@@H]2c2cccc([N+](=O)[O-])c2)cc1. The molecule has 1 amide bonds. The molecule has 10 heteroatoms. The third-order valence-electron chi connectivity index (χ3n) is 5.67. The van der Waals surface area contributed by atoms with Gasteiger partial charge < -0.3 is 19.3 Å². The zero-order chi connectivity index (χ0) is 24.2. The third kappa shape index (κ3) is 4.38. The smallest absolute Gasteiger partial charge is 0.295 e. The van der Waals surface area contributed by atoms with E-state index >= 15 is 0 Å². The van der Waals surface area contributed by atoms with E-state index in [1.54, 1.807) is 49.1 Å². The van der Waals surface area contributed by atoms with Gasteiger partial charge in [0.25, 0.3) is 17.4 Å². The first-order valence-corrected chi connectivity index (χ1v) is 10.5. The molecule has 1 saturated heterocycles. The van der Waals surface area contributed by atoms with Crippen LogP contribution < -0.4 is 4.74 Å². The van der Waals surface area contributed by atoms with E-state index in [1.807, 2.05) is 4.57 Å². The number of amides is 1. The number of imidazole rings is 1. The molecule has 0 unspecified atom stereocenters. The van der Waals surface area contributed by atoms with Gasteiger partial charge in [0.05, 0.1) is 30.0 Å². The summed E-state index contributed by atoms with van der Waals surface area (Å²) in [4.78, 5) is 42.2. The molecule has 174 valence electrons. The minimum absolute atomic E-state index is 0.113. The zero-order valence-corrected chi connectivity index (χ0v) is 18.3. The van der Waals surface area contributed by atoms with Gasteiger partial charge in [0, 0.05) is 43.2 Å². The van der Waals surface area contributed by atoms with Crippen LogP contribution in [-0.2, 0) is 16.1 Å². The second-order valence-electron chi connectivity index (χ2n) is 7.73. The van der Waals surface area contributed by atoms with Crippen molar-refractivity contribution in [1.29, 1.82) is 0 Å². The van der Waals surface area contributed by atoms with Gasteiger partial charge >= 0.3 is 0 Å². The van der Waals surface area contributed by atoms with E-state index in [-0.39, 0.29) is 23.6 Å². The zero-order valence-electron chi connectivity index (χ0n) is 18.3. The summed E-state index contributed by atoms with van der Waals surface area (Å²) >= 11 is 0. The number of nitro benzene ring substituents is 1. The first-order chi connectivity index (χ1) is 16.4. The van der Waals surface area contributed by atoms with E-state index in [0.717, 1.165) is 0 Å². The molecule has 2 heterocycles. The van der Waals surface area contributed by atoms with Crippen LogP contribution in [0.15, 0.2) is 72.8 Å². The van der Waals surface area contributed by atoms with Crippen molar-refractivity contribution in [3.63, 3.8) is 0 Å². The number of rotatable bonds is 8. The number of hydrogen-bond acceptors (Lipinski definition) is 7. The molecule has 1 fully saturated rings. The molecule has 0 spiro atoms. The van der Waals surface area contributed by atoms with Crippen molar-refractivity contribution in [2.24, 2.45) is 0 Å². The molecule has 34 heavy (non-hydrogen) atoms. The Balaban J connectivity index is 1.76. The standard InChI is InChI=1S/C24H22N4O6/c1-34-19-8-6-16(7-9-19)22(29)20-21(17-4-2-5-18(14-17)28(32)33)27(24(31)23(20)30)12-3-11-26-13-10-25-15-26/h2,4-10,13-15,21,29H,3,11-12H2,1H3/t21-/m1/s1. The van der Waals surface area contributed by atoms with Crippen molar-refractivity contribution in [3.05, 3.63) is 94.1 Å². The monoisotopic (exact) mass is 462 g/mol. The first kappa shape index (κ1) is 22.7. The molecule has 0 aliphatic carbocycles. The molecule has 0 saturated carbocycles. The van der Waals surface area contributed by atoms with Gasteiger partial charge in [0.15, 0.2) is 0 Å². The lowest BCUT2D eigenvalue weighted by Crippen LogP contribution is -2.31. The predicted molar refractivity (Wildman–Crippen MR) is 122 cm³/mol. The van der Waals surface area contributed by atoms with Gasteiger partial charge in [-0.05, 0) is 36.2 Å². The fraction of sp³-hybridized carbons (Fsp3) is 0.208. The van der Waals surface area contributed by atoms with Gasteiger partial charge in [-0.15, -0.1) is 0 Å². The van der Waals surface area contributed by atoms with Gasteiger partial charge in [-0.2, -0.15) is 0 Å². The number of likely N-dealkylation sites (tertiary alicyclic amines) is 1. The van der Waals surface area contributed by atoms with Crippen molar-refractivity contribution >= 4 is 23.1 Å². The number of ketones is 1. The Bertz CT molecular complexity index is 1250. The maximum Gasteiger partial charge on any atom is 0.295 e. The van der Waals surface area contributed by atoms with Crippen LogP contribution >= 0.6 is 0 Å². The van der Waals surface area contributed by atoms with E-state index in [9.17, 15) is 24.8 Å². The van der Waals surface area contributed by atoms with Crippen LogP contribution in [0, 0.1) is 10.1 Å². The summed E-state index contributed by atoms with van der Waals surface area (Å²) in [5.41, 5.74) is 0.406. The highest BCUT2D eigenvalue weighted by atomic mass is 16.6. The fourth-order valence-electron chi connectivity index (χ4n) is 4.01. The van der Waals surface area contributed by atoms with Crippen LogP contribution in [0.1, 0.15) is 23.6 Å². The molecular formula is C24H22N4O6. The highest BCUT2D eigenvalue weighted by molar-refractivity contribution is 6.46. The number of hydrogen-bond donors (Lipinski definition) is 1. The lowest BCUT2D eigenvalue weighted by Gasteiger charge is -2.25. The van der Waals surface area contributed by atoms with E-state index in [1.165, 1.54) is 30.2 Å². The van der Waals surface area contributed by atoms with Gasteiger partial charge in [-0.1, -0.05) is 12.1 Å². The minimum atomic E-state index is -0.968. The summed E-state index contributed by atoms with van der Waals surface area (Å²) in [5, 5.41) is 22.4. The Labute approximate surface area is 194 Å². The Hall–Kier alpha value is -4.47. The normalized spacial score (nSPS) is 17.2. The van der Waals surface area contributed by atoms with Crippen LogP contribution in [0.5, 0.6) is 5.75 Å². The number of benzene rings is 2. The third-order valence-corrected chi connectivity index (χ3v) is 5.67. The Kier molecular flexibility index (Phi) is 6.39. The second kappa shape index (κ2) is 9.57. The molecule has 3 aromatic rings. The maximum absolute atomic E-state index is 13.1. The van der Waals surface area contributed by atoms with Crippen molar-refractivity contribution in [2.75, 3.05) is 13.7 Å². The topological polar surface area (TPSA) is 128 Å². The number of aliphatic hydroxyl groups is 1. The lowest BCUT2D eigenvalue weighted by atomic mass is 9.95. The van der Waals surface area contributed by atoms with Crippen LogP contribution in [-0.4, -0.2) is 49.8 Å². The molecule has 1 aromatic heterocycles. The molecule has 2 aromatic carbocycles. The van der Waals surface area contributed by atoms with E-state index in [2.05, 4.69) is 4.98 Å². The number of nitrogens with zero attached hydrogens (tertiary/aromatic N) is 4. The van der Waals surface area contributed by atoms with Gasteiger partial charge in [0.2, 0.25) is 0 Å². The van der Waals surface area contributed by atoms with Gasteiger partial charge in [-0.3, -0.25) is 19.7 Å². The molecule has 0 radical (unpaired) electrons. The van der Waals surface area contributed by atoms with Crippen LogP contribution in [0.4, 0.5) is 5.69 Å². The number of nitro groups is 1. The molecule has 10 nitrogen and oxygen atoms in total. The average molecular weight is 462 g/mol. The van der Waals surface area contributed by atoms with Crippen molar-refractivity contribution in [2.45, 2.75) is 19.0 Å².